The molecule has 0 radical (unpaired) electrons. The molecular weight excluding hydrogens is 262 g/mol. The average Bonchev–Trinajstić information content (AvgIpc) is 2.52. The summed E-state index contributed by atoms with van der Waals surface area (Å²) in [5.41, 5.74) is 3.81. The Balaban J connectivity index is 1.86. The zero-order valence-corrected chi connectivity index (χ0v) is 12.6. The molecule has 1 N–H and O–H groups in total. The summed E-state index contributed by atoms with van der Waals surface area (Å²) in [4.78, 5) is 8.58. The highest BCUT2D eigenvalue weighted by atomic mass is 16.5. The first-order valence-electron chi connectivity index (χ1n) is 7.58. The van der Waals surface area contributed by atoms with Crippen molar-refractivity contribution in [2.24, 2.45) is 0 Å². The van der Waals surface area contributed by atoms with Gasteiger partial charge in [0.25, 0.3) is 0 Å². The SMILES string of the molecule is CCOc1ncnc(NC2CCCc3ccccc32)c1C. The summed E-state index contributed by atoms with van der Waals surface area (Å²) in [7, 11) is 0. The zero-order chi connectivity index (χ0) is 14.7. The monoisotopic (exact) mass is 283 g/mol. The number of aromatic nitrogens is 2. The van der Waals surface area contributed by atoms with Crippen LogP contribution in [0.25, 0.3) is 0 Å². The second-order valence-electron chi connectivity index (χ2n) is 5.37. The summed E-state index contributed by atoms with van der Waals surface area (Å²) in [6, 6.07) is 8.98. The molecule has 0 fully saturated rings. The van der Waals surface area contributed by atoms with Gasteiger partial charge in [0.2, 0.25) is 5.88 Å². The van der Waals surface area contributed by atoms with Gasteiger partial charge in [0.15, 0.2) is 0 Å². The van der Waals surface area contributed by atoms with E-state index >= 15 is 0 Å². The standard InChI is InChI=1S/C17H21N3O/c1-3-21-17-12(2)16(18-11-19-17)20-15-10-6-8-13-7-4-5-9-14(13)15/h4-5,7,9,11,15H,3,6,8,10H2,1-2H3,(H,18,19,20). The van der Waals surface area contributed by atoms with Crippen molar-refractivity contribution in [2.45, 2.75) is 39.2 Å². The molecule has 0 aliphatic heterocycles. The molecule has 0 spiro atoms. The smallest absolute Gasteiger partial charge is 0.221 e. The minimum Gasteiger partial charge on any atom is -0.478 e. The van der Waals surface area contributed by atoms with E-state index in [0.29, 0.717) is 18.5 Å². The van der Waals surface area contributed by atoms with Crippen molar-refractivity contribution in [3.63, 3.8) is 0 Å². The fourth-order valence-corrected chi connectivity index (χ4v) is 2.93. The highest BCUT2D eigenvalue weighted by Crippen LogP contribution is 2.33. The van der Waals surface area contributed by atoms with Gasteiger partial charge in [-0.1, -0.05) is 24.3 Å². The van der Waals surface area contributed by atoms with Gasteiger partial charge in [-0.2, -0.15) is 0 Å². The van der Waals surface area contributed by atoms with Gasteiger partial charge in [-0.05, 0) is 44.2 Å². The molecule has 0 bridgehead atoms. The Morgan fingerprint density at radius 1 is 1.29 bits per heavy atom. The van der Waals surface area contributed by atoms with Crippen LogP contribution in [-0.4, -0.2) is 16.6 Å². The van der Waals surface area contributed by atoms with Crippen molar-refractivity contribution in [3.8, 4) is 5.88 Å². The van der Waals surface area contributed by atoms with Crippen molar-refractivity contribution in [2.75, 3.05) is 11.9 Å². The minimum atomic E-state index is 0.318. The van der Waals surface area contributed by atoms with E-state index in [1.54, 1.807) is 6.33 Å². The Hall–Kier alpha value is -2.10. The Bertz CT molecular complexity index is 627. The number of rotatable bonds is 4. The summed E-state index contributed by atoms with van der Waals surface area (Å²) < 4.78 is 5.54. The topological polar surface area (TPSA) is 47.0 Å². The molecule has 4 heteroatoms. The molecule has 0 saturated carbocycles. The van der Waals surface area contributed by atoms with E-state index in [1.165, 1.54) is 24.0 Å². The predicted octanol–water partition coefficient (Wildman–Crippen LogP) is 3.67. The quantitative estimate of drug-likeness (QED) is 0.930. The maximum atomic E-state index is 5.54. The summed E-state index contributed by atoms with van der Waals surface area (Å²) in [6.45, 7) is 4.58. The lowest BCUT2D eigenvalue weighted by Crippen LogP contribution is -2.18. The number of hydrogen-bond donors (Lipinski definition) is 1. The third-order valence-electron chi connectivity index (χ3n) is 4.00. The third kappa shape index (κ3) is 2.84. The van der Waals surface area contributed by atoms with Crippen LogP contribution in [0.5, 0.6) is 5.88 Å². The molecular formula is C17H21N3O. The van der Waals surface area contributed by atoms with E-state index in [-0.39, 0.29) is 0 Å². The van der Waals surface area contributed by atoms with E-state index in [1.807, 2.05) is 13.8 Å². The first-order chi connectivity index (χ1) is 10.3. The van der Waals surface area contributed by atoms with Gasteiger partial charge in [-0.15, -0.1) is 0 Å². The molecule has 2 aromatic rings. The molecule has 1 atom stereocenters. The number of aryl methyl sites for hydroxylation is 1. The van der Waals surface area contributed by atoms with Crippen molar-refractivity contribution < 1.29 is 4.74 Å². The fourth-order valence-electron chi connectivity index (χ4n) is 2.93. The highest BCUT2D eigenvalue weighted by molar-refractivity contribution is 5.50. The van der Waals surface area contributed by atoms with E-state index in [0.717, 1.165) is 17.8 Å². The normalized spacial score (nSPS) is 17.1. The van der Waals surface area contributed by atoms with E-state index in [9.17, 15) is 0 Å². The zero-order valence-electron chi connectivity index (χ0n) is 12.6. The molecule has 0 amide bonds. The van der Waals surface area contributed by atoms with Gasteiger partial charge < -0.3 is 10.1 Å². The van der Waals surface area contributed by atoms with Crippen molar-refractivity contribution in [1.29, 1.82) is 0 Å². The summed E-state index contributed by atoms with van der Waals surface area (Å²) in [5, 5.41) is 3.57. The molecule has 21 heavy (non-hydrogen) atoms. The summed E-state index contributed by atoms with van der Waals surface area (Å²) >= 11 is 0. The lowest BCUT2D eigenvalue weighted by molar-refractivity contribution is 0.323. The molecule has 0 saturated heterocycles. The molecule has 3 rings (SSSR count). The van der Waals surface area contributed by atoms with Crippen LogP contribution in [0.4, 0.5) is 5.82 Å². The summed E-state index contributed by atoms with van der Waals surface area (Å²) in [5.74, 6) is 1.54. The first-order valence-corrected chi connectivity index (χ1v) is 7.58. The van der Waals surface area contributed by atoms with Crippen molar-refractivity contribution >= 4 is 5.82 Å². The number of ether oxygens (including phenoxy) is 1. The largest absolute Gasteiger partial charge is 0.478 e. The van der Waals surface area contributed by atoms with Gasteiger partial charge in [0, 0.05) is 0 Å². The van der Waals surface area contributed by atoms with Crippen LogP contribution in [0.15, 0.2) is 30.6 Å². The maximum Gasteiger partial charge on any atom is 0.221 e. The second-order valence-corrected chi connectivity index (χ2v) is 5.37. The minimum absolute atomic E-state index is 0.318. The lowest BCUT2D eigenvalue weighted by Gasteiger charge is -2.27. The van der Waals surface area contributed by atoms with Crippen molar-refractivity contribution in [3.05, 3.63) is 47.3 Å². The fraction of sp³-hybridized carbons (Fsp3) is 0.412. The molecule has 1 aliphatic carbocycles. The molecule has 1 aliphatic rings. The van der Waals surface area contributed by atoms with Gasteiger partial charge in [0.05, 0.1) is 18.2 Å². The van der Waals surface area contributed by atoms with Crippen LogP contribution in [0.3, 0.4) is 0 Å². The average molecular weight is 283 g/mol. The van der Waals surface area contributed by atoms with Crippen LogP contribution in [0, 0.1) is 6.92 Å². The van der Waals surface area contributed by atoms with E-state index in [2.05, 4.69) is 39.6 Å². The number of fused-ring (bicyclic) bond motifs is 1. The van der Waals surface area contributed by atoms with Gasteiger partial charge in [-0.25, -0.2) is 9.97 Å². The Labute approximate surface area is 125 Å². The molecule has 1 aromatic heterocycles. The van der Waals surface area contributed by atoms with E-state index < -0.39 is 0 Å². The first kappa shape index (κ1) is 13.9. The van der Waals surface area contributed by atoms with Crippen LogP contribution >= 0.6 is 0 Å². The van der Waals surface area contributed by atoms with Gasteiger partial charge in [0.1, 0.15) is 12.1 Å². The van der Waals surface area contributed by atoms with Crippen LogP contribution in [0.2, 0.25) is 0 Å². The number of nitrogens with one attached hydrogen (secondary N) is 1. The van der Waals surface area contributed by atoms with E-state index in [4.69, 9.17) is 4.74 Å². The van der Waals surface area contributed by atoms with Crippen LogP contribution in [-0.2, 0) is 6.42 Å². The predicted molar refractivity (Wildman–Crippen MR) is 83.7 cm³/mol. The lowest BCUT2D eigenvalue weighted by atomic mass is 9.88. The Morgan fingerprint density at radius 3 is 3.00 bits per heavy atom. The molecule has 110 valence electrons. The molecule has 1 heterocycles. The number of anilines is 1. The third-order valence-corrected chi connectivity index (χ3v) is 4.00. The second kappa shape index (κ2) is 6.12. The molecule has 4 nitrogen and oxygen atoms in total. The number of nitrogens with zero attached hydrogens (tertiary/aromatic N) is 2. The Kier molecular flexibility index (Phi) is 4.04. The van der Waals surface area contributed by atoms with Crippen LogP contribution < -0.4 is 10.1 Å². The maximum absolute atomic E-state index is 5.54. The number of hydrogen-bond acceptors (Lipinski definition) is 4. The van der Waals surface area contributed by atoms with Gasteiger partial charge >= 0.3 is 0 Å². The van der Waals surface area contributed by atoms with Crippen LogP contribution in [0.1, 0.15) is 42.5 Å². The Morgan fingerprint density at radius 2 is 2.14 bits per heavy atom. The van der Waals surface area contributed by atoms with Crippen molar-refractivity contribution in [1.82, 2.24) is 9.97 Å². The number of benzene rings is 1. The molecule has 1 unspecified atom stereocenters. The molecule has 1 aromatic carbocycles. The van der Waals surface area contributed by atoms with Gasteiger partial charge in [-0.3, -0.25) is 0 Å². The highest BCUT2D eigenvalue weighted by Gasteiger charge is 2.21. The summed E-state index contributed by atoms with van der Waals surface area (Å²) in [6.07, 6.45) is 5.07.